The van der Waals surface area contributed by atoms with Crippen LogP contribution in [-0.4, -0.2) is 27.4 Å². The summed E-state index contributed by atoms with van der Waals surface area (Å²) >= 11 is 1.56. The van der Waals surface area contributed by atoms with Crippen LogP contribution < -0.4 is 15.8 Å². The van der Waals surface area contributed by atoms with E-state index in [1.807, 2.05) is 19.1 Å². The van der Waals surface area contributed by atoms with E-state index in [1.165, 1.54) is 12.1 Å². The second-order valence-electron chi connectivity index (χ2n) is 4.95. The zero-order chi connectivity index (χ0) is 16.9. The highest BCUT2D eigenvalue weighted by molar-refractivity contribution is 7.89. The molecule has 6 nitrogen and oxygen atoms in total. The molecular formula is C15H20ClN3O3S2. The number of sulfonamides is 1. The number of hydrogen-bond donors (Lipinski definition) is 3. The second-order valence-corrected chi connectivity index (χ2v) is 8.09. The first-order chi connectivity index (χ1) is 10.9. The van der Waals surface area contributed by atoms with Gasteiger partial charge in [0.15, 0.2) is 0 Å². The number of carbonyl (C=O) groups is 1. The minimum absolute atomic E-state index is 0. The highest BCUT2D eigenvalue weighted by Crippen LogP contribution is 2.18. The molecular weight excluding hydrogens is 370 g/mol. The molecule has 132 valence electrons. The number of aryl methyl sites for hydroxylation is 1. The number of halogens is 1. The van der Waals surface area contributed by atoms with E-state index in [2.05, 4.69) is 10.0 Å². The molecule has 0 aliphatic heterocycles. The first-order valence-electron chi connectivity index (χ1n) is 7.05. The van der Waals surface area contributed by atoms with Gasteiger partial charge in [0.2, 0.25) is 15.9 Å². The minimum atomic E-state index is -3.62. The van der Waals surface area contributed by atoms with E-state index in [0.29, 0.717) is 5.69 Å². The first-order valence-corrected chi connectivity index (χ1v) is 9.35. The molecule has 1 heterocycles. The van der Waals surface area contributed by atoms with E-state index in [9.17, 15) is 13.2 Å². The molecule has 2 rings (SSSR count). The lowest BCUT2D eigenvalue weighted by atomic mass is 10.3. The maximum Gasteiger partial charge on any atom is 0.240 e. The largest absolute Gasteiger partial charge is 0.329 e. The van der Waals surface area contributed by atoms with Gasteiger partial charge in [0.25, 0.3) is 0 Å². The second kappa shape index (κ2) is 9.14. The topological polar surface area (TPSA) is 101 Å². The smallest absolute Gasteiger partial charge is 0.240 e. The van der Waals surface area contributed by atoms with E-state index in [0.717, 1.165) is 9.75 Å². The summed E-state index contributed by atoms with van der Waals surface area (Å²) < 4.78 is 26.5. The SMILES string of the molecule is Cc1ccc(CC(=O)Nc2cccc(S(=O)(=O)NCCN)c2)s1.Cl. The fourth-order valence-corrected chi connectivity index (χ4v) is 3.94. The Morgan fingerprint density at radius 2 is 2.00 bits per heavy atom. The summed E-state index contributed by atoms with van der Waals surface area (Å²) in [5, 5.41) is 2.72. The summed E-state index contributed by atoms with van der Waals surface area (Å²) in [6, 6.07) is 10.0. The van der Waals surface area contributed by atoms with Crippen LogP contribution >= 0.6 is 23.7 Å². The van der Waals surface area contributed by atoms with Gasteiger partial charge >= 0.3 is 0 Å². The Morgan fingerprint density at radius 1 is 1.25 bits per heavy atom. The third-order valence-electron chi connectivity index (χ3n) is 3.00. The van der Waals surface area contributed by atoms with Crippen LogP contribution in [0.25, 0.3) is 0 Å². The van der Waals surface area contributed by atoms with E-state index in [4.69, 9.17) is 5.73 Å². The Labute approximate surface area is 151 Å². The molecule has 0 aliphatic carbocycles. The van der Waals surface area contributed by atoms with E-state index >= 15 is 0 Å². The van der Waals surface area contributed by atoms with Crippen molar-refractivity contribution in [3.63, 3.8) is 0 Å². The molecule has 9 heteroatoms. The van der Waals surface area contributed by atoms with Gasteiger partial charge in [-0.1, -0.05) is 6.07 Å². The fraction of sp³-hybridized carbons (Fsp3) is 0.267. The molecule has 0 atom stereocenters. The van der Waals surface area contributed by atoms with Gasteiger partial charge in [-0.25, -0.2) is 13.1 Å². The molecule has 0 bridgehead atoms. The summed E-state index contributed by atoms with van der Waals surface area (Å²) in [6.45, 7) is 2.36. The quantitative estimate of drug-likeness (QED) is 0.673. The van der Waals surface area contributed by atoms with Crippen molar-refractivity contribution in [1.82, 2.24) is 4.72 Å². The monoisotopic (exact) mass is 389 g/mol. The van der Waals surface area contributed by atoms with Crippen molar-refractivity contribution in [1.29, 1.82) is 0 Å². The summed E-state index contributed by atoms with van der Waals surface area (Å²) in [5.74, 6) is -0.184. The van der Waals surface area contributed by atoms with Crippen LogP contribution in [0.5, 0.6) is 0 Å². The molecule has 0 unspecified atom stereocenters. The lowest BCUT2D eigenvalue weighted by Crippen LogP contribution is -2.29. The summed E-state index contributed by atoms with van der Waals surface area (Å²) in [7, 11) is -3.62. The highest BCUT2D eigenvalue weighted by Gasteiger charge is 2.14. The molecule has 0 spiro atoms. The molecule has 0 radical (unpaired) electrons. The van der Waals surface area contributed by atoms with Crippen LogP contribution in [0.1, 0.15) is 9.75 Å². The van der Waals surface area contributed by atoms with Gasteiger partial charge in [-0.2, -0.15) is 0 Å². The number of nitrogens with one attached hydrogen (secondary N) is 2. The van der Waals surface area contributed by atoms with E-state index in [-0.39, 0.29) is 42.7 Å². The van der Waals surface area contributed by atoms with Gasteiger partial charge in [0.1, 0.15) is 0 Å². The van der Waals surface area contributed by atoms with Crippen LogP contribution in [0, 0.1) is 6.92 Å². The highest BCUT2D eigenvalue weighted by atomic mass is 35.5. The van der Waals surface area contributed by atoms with Crippen LogP contribution in [0.3, 0.4) is 0 Å². The number of amides is 1. The van der Waals surface area contributed by atoms with Crippen LogP contribution in [0.15, 0.2) is 41.3 Å². The Kier molecular flexibility index (Phi) is 7.85. The van der Waals surface area contributed by atoms with Gasteiger partial charge in [0.05, 0.1) is 11.3 Å². The minimum Gasteiger partial charge on any atom is -0.329 e. The van der Waals surface area contributed by atoms with Crippen molar-refractivity contribution in [2.75, 3.05) is 18.4 Å². The van der Waals surface area contributed by atoms with Crippen LogP contribution in [-0.2, 0) is 21.2 Å². The molecule has 24 heavy (non-hydrogen) atoms. The normalized spacial score (nSPS) is 10.9. The number of hydrogen-bond acceptors (Lipinski definition) is 5. The predicted molar refractivity (Wildman–Crippen MR) is 99.3 cm³/mol. The van der Waals surface area contributed by atoms with Crippen molar-refractivity contribution in [3.05, 3.63) is 46.2 Å². The van der Waals surface area contributed by atoms with E-state index < -0.39 is 10.0 Å². The standard InChI is InChI=1S/C15H19N3O3S2.ClH/c1-11-5-6-13(22-11)10-15(19)18-12-3-2-4-14(9-12)23(20,21)17-8-7-16;/h2-6,9,17H,7-8,10,16H2,1H3,(H,18,19);1H. The number of anilines is 1. The molecule has 0 aliphatic rings. The molecule has 0 fully saturated rings. The molecule has 1 amide bonds. The predicted octanol–water partition coefficient (Wildman–Crippen LogP) is 1.90. The fourth-order valence-electron chi connectivity index (χ4n) is 1.96. The third-order valence-corrected chi connectivity index (χ3v) is 5.45. The lowest BCUT2D eigenvalue weighted by Gasteiger charge is -2.08. The first kappa shape index (κ1) is 20.6. The third kappa shape index (κ3) is 5.88. The Balaban J connectivity index is 0.00000288. The van der Waals surface area contributed by atoms with Gasteiger partial charge in [0, 0.05) is 28.5 Å². The van der Waals surface area contributed by atoms with Crippen LogP contribution in [0.2, 0.25) is 0 Å². The lowest BCUT2D eigenvalue weighted by molar-refractivity contribution is -0.115. The Morgan fingerprint density at radius 3 is 2.62 bits per heavy atom. The Bertz CT molecular complexity index is 791. The van der Waals surface area contributed by atoms with Gasteiger partial charge in [-0.15, -0.1) is 23.7 Å². The molecule has 0 saturated heterocycles. The average Bonchev–Trinajstić information content (AvgIpc) is 2.90. The number of benzene rings is 1. The molecule has 0 saturated carbocycles. The zero-order valence-corrected chi connectivity index (χ0v) is 15.6. The number of nitrogens with two attached hydrogens (primary N) is 1. The molecule has 1 aromatic heterocycles. The summed E-state index contributed by atoms with van der Waals surface area (Å²) in [6.07, 6.45) is 0.265. The van der Waals surface area contributed by atoms with Crippen molar-refractivity contribution in [2.45, 2.75) is 18.2 Å². The van der Waals surface area contributed by atoms with Crippen molar-refractivity contribution >= 4 is 45.4 Å². The summed E-state index contributed by atoms with van der Waals surface area (Å²) in [4.78, 5) is 14.2. The maximum atomic E-state index is 12.0. The Hall–Kier alpha value is -1.45. The number of rotatable bonds is 7. The summed E-state index contributed by atoms with van der Waals surface area (Å²) in [5.41, 5.74) is 5.75. The molecule has 2 aromatic rings. The van der Waals surface area contributed by atoms with E-state index in [1.54, 1.807) is 23.5 Å². The number of thiophene rings is 1. The number of carbonyl (C=O) groups excluding carboxylic acids is 1. The van der Waals surface area contributed by atoms with Crippen molar-refractivity contribution < 1.29 is 13.2 Å². The van der Waals surface area contributed by atoms with Gasteiger partial charge in [-0.05, 0) is 37.3 Å². The van der Waals surface area contributed by atoms with Crippen LogP contribution in [0.4, 0.5) is 5.69 Å². The van der Waals surface area contributed by atoms with Gasteiger partial charge in [-0.3, -0.25) is 4.79 Å². The molecule has 1 aromatic carbocycles. The van der Waals surface area contributed by atoms with Crippen molar-refractivity contribution in [2.24, 2.45) is 5.73 Å². The maximum absolute atomic E-state index is 12.0. The zero-order valence-electron chi connectivity index (χ0n) is 13.1. The van der Waals surface area contributed by atoms with Crippen molar-refractivity contribution in [3.8, 4) is 0 Å². The van der Waals surface area contributed by atoms with Gasteiger partial charge < -0.3 is 11.1 Å². The molecule has 4 N–H and O–H groups in total. The average molecular weight is 390 g/mol.